The Labute approximate surface area is 125 Å². The minimum atomic E-state index is -0.112. The van der Waals surface area contributed by atoms with Crippen LogP contribution in [0.1, 0.15) is 37.7 Å². The summed E-state index contributed by atoms with van der Waals surface area (Å²) in [5.74, 6) is 0.917. The summed E-state index contributed by atoms with van der Waals surface area (Å²) in [6.45, 7) is 6.75. The van der Waals surface area contributed by atoms with Crippen molar-refractivity contribution in [2.24, 2.45) is 7.05 Å². The Balaban J connectivity index is 2.63. The molecule has 1 unspecified atom stereocenters. The molecule has 1 aromatic rings. The van der Waals surface area contributed by atoms with E-state index >= 15 is 0 Å². The molecule has 0 radical (unpaired) electrons. The van der Waals surface area contributed by atoms with Crippen LogP contribution in [0.2, 0.25) is 0 Å². The summed E-state index contributed by atoms with van der Waals surface area (Å²) in [4.78, 5) is 11.8. The molecule has 0 bridgehead atoms. The SMILES string of the molecule is CCc1nn(C)c(CC)c1CNC(=O)NC(C)CSC. The first-order valence-electron chi connectivity index (χ1n) is 7.10. The number of carbonyl (C=O) groups is 1. The van der Waals surface area contributed by atoms with Crippen molar-refractivity contribution >= 4 is 17.8 Å². The Kier molecular flexibility index (Phi) is 6.91. The first kappa shape index (κ1) is 16.9. The van der Waals surface area contributed by atoms with Gasteiger partial charge in [0.05, 0.1) is 5.69 Å². The van der Waals surface area contributed by atoms with Crippen LogP contribution in [0, 0.1) is 0 Å². The summed E-state index contributed by atoms with van der Waals surface area (Å²) in [5, 5.41) is 10.4. The fourth-order valence-corrected chi connectivity index (χ4v) is 2.91. The summed E-state index contributed by atoms with van der Waals surface area (Å²) in [5.41, 5.74) is 3.42. The molecule has 1 aromatic heterocycles. The Morgan fingerprint density at radius 3 is 2.65 bits per heavy atom. The van der Waals surface area contributed by atoms with E-state index in [1.165, 1.54) is 5.69 Å². The lowest BCUT2D eigenvalue weighted by molar-refractivity contribution is 0.238. The minimum Gasteiger partial charge on any atom is -0.335 e. The first-order valence-corrected chi connectivity index (χ1v) is 8.49. The highest BCUT2D eigenvalue weighted by atomic mass is 32.2. The maximum Gasteiger partial charge on any atom is 0.315 e. The summed E-state index contributed by atoms with van der Waals surface area (Å²) in [6.07, 6.45) is 3.84. The van der Waals surface area contributed by atoms with Gasteiger partial charge in [0.15, 0.2) is 0 Å². The molecule has 2 N–H and O–H groups in total. The number of urea groups is 1. The third-order valence-electron chi connectivity index (χ3n) is 3.25. The van der Waals surface area contributed by atoms with Gasteiger partial charge in [0.2, 0.25) is 0 Å². The quantitative estimate of drug-likeness (QED) is 0.810. The lowest BCUT2D eigenvalue weighted by atomic mass is 10.1. The monoisotopic (exact) mass is 298 g/mol. The Morgan fingerprint density at radius 1 is 1.40 bits per heavy atom. The molecule has 0 fully saturated rings. The number of hydrogen-bond acceptors (Lipinski definition) is 3. The predicted octanol–water partition coefficient (Wildman–Crippen LogP) is 2.10. The normalized spacial score (nSPS) is 12.2. The summed E-state index contributed by atoms with van der Waals surface area (Å²) in [6, 6.07) is 0.0645. The Morgan fingerprint density at radius 2 is 2.10 bits per heavy atom. The first-order chi connectivity index (χ1) is 9.53. The molecule has 0 aliphatic heterocycles. The molecule has 0 aliphatic carbocycles. The highest BCUT2D eigenvalue weighted by molar-refractivity contribution is 7.98. The highest BCUT2D eigenvalue weighted by Gasteiger charge is 2.14. The molecule has 0 saturated carbocycles. The van der Waals surface area contributed by atoms with E-state index in [1.807, 2.05) is 24.9 Å². The second-order valence-electron chi connectivity index (χ2n) is 4.89. The Bertz CT molecular complexity index is 445. The van der Waals surface area contributed by atoms with Crippen molar-refractivity contribution < 1.29 is 4.79 Å². The summed E-state index contributed by atoms with van der Waals surface area (Å²) >= 11 is 1.73. The van der Waals surface area contributed by atoms with Crippen molar-refractivity contribution in [3.63, 3.8) is 0 Å². The zero-order valence-electron chi connectivity index (χ0n) is 13.1. The van der Waals surface area contributed by atoms with Crippen molar-refractivity contribution in [1.29, 1.82) is 0 Å². The molecule has 1 atom stereocenters. The van der Waals surface area contributed by atoms with E-state index in [9.17, 15) is 4.79 Å². The fraction of sp³-hybridized carbons (Fsp3) is 0.714. The van der Waals surface area contributed by atoms with E-state index in [0.717, 1.165) is 29.9 Å². The Hall–Kier alpha value is -1.17. The van der Waals surface area contributed by atoms with Gasteiger partial charge in [-0.25, -0.2) is 4.79 Å². The number of rotatable bonds is 7. The molecule has 5 nitrogen and oxygen atoms in total. The number of nitrogens with zero attached hydrogens (tertiary/aromatic N) is 2. The average Bonchev–Trinajstić information content (AvgIpc) is 2.71. The second-order valence-corrected chi connectivity index (χ2v) is 5.80. The maximum absolute atomic E-state index is 11.8. The number of thioether (sulfide) groups is 1. The topological polar surface area (TPSA) is 59.0 Å². The van der Waals surface area contributed by atoms with Crippen LogP contribution in [0.4, 0.5) is 4.79 Å². The van der Waals surface area contributed by atoms with Gasteiger partial charge in [-0.05, 0) is 26.0 Å². The van der Waals surface area contributed by atoms with Crippen LogP contribution >= 0.6 is 11.8 Å². The van der Waals surface area contributed by atoms with Crippen LogP contribution in [-0.4, -0.2) is 33.9 Å². The van der Waals surface area contributed by atoms with Crippen LogP contribution in [0.15, 0.2) is 0 Å². The van der Waals surface area contributed by atoms with Crippen LogP contribution < -0.4 is 10.6 Å². The standard InChI is InChI=1S/C14H26N4OS/c1-6-12-11(13(7-2)18(4)17-12)8-15-14(19)16-10(3)9-20-5/h10H,6-9H2,1-5H3,(H2,15,16,19). The van der Waals surface area contributed by atoms with E-state index in [2.05, 4.69) is 29.6 Å². The van der Waals surface area contributed by atoms with E-state index in [4.69, 9.17) is 0 Å². The van der Waals surface area contributed by atoms with Crippen molar-refractivity contribution in [2.45, 2.75) is 46.2 Å². The number of aromatic nitrogens is 2. The smallest absolute Gasteiger partial charge is 0.315 e. The molecule has 2 amide bonds. The molecule has 6 heteroatoms. The second kappa shape index (κ2) is 8.19. The molecule has 20 heavy (non-hydrogen) atoms. The van der Waals surface area contributed by atoms with Gasteiger partial charge in [-0.15, -0.1) is 0 Å². The average molecular weight is 298 g/mol. The van der Waals surface area contributed by atoms with Gasteiger partial charge in [-0.1, -0.05) is 13.8 Å². The zero-order chi connectivity index (χ0) is 15.1. The van der Waals surface area contributed by atoms with Gasteiger partial charge in [-0.2, -0.15) is 16.9 Å². The van der Waals surface area contributed by atoms with Gasteiger partial charge < -0.3 is 10.6 Å². The molecule has 0 aliphatic rings. The van der Waals surface area contributed by atoms with E-state index in [-0.39, 0.29) is 12.1 Å². The van der Waals surface area contributed by atoms with Gasteiger partial charge in [-0.3, -0.25) is 4.68 Å². The number of amides is 2. The van der Waals surface area contributed by atoms with Crippen molar-refractivity contribution in [1.82, 2.24) is 20.4 Å². The molecule has 0 aromatic carbocycles. The van der Waals surface area contributed by atoms with Crippen LogP contribution in [0.5, 0.6) is 0 Å². The zero-order valence-corrected chi connectivity index (χ0v) is 13.9. The van der Waals surface area contributed by atoms with E-state index < -0.39 is 0 Å². The predicted molar refractivity (Wildman–Crippen MR) is 85.2 cm³/mol. The lowest BCUT2D eigenvalue weighted by Crippen LogP contribution is -2.41. The van der Waals surface area contributed by atoms with Gasteiger partial charge in [0, 0.05) is 36.6 Å². The van der Waals surface area contributed by atoms with Crippen LogP contribution in [0.3, 0.4) is 0 Å². The van der Waals surface area contributed by atoms with Crippen LogP contribution in [0.25, 0.3) is 0 Å². The maximum atomic E-state index is 11.8. The molecule has 1 rings (SSSR count). The molecule has 114 valence electrons. The summed E-state index contributed by atoms with van der Waals surface area (Å²) in [7, 11) is 1.96. The number of aryl methyl sites for hydroxylation is 2. The molecule has 1 heterocycles. The third kappa shape index (κ3) is 4.44. The number of hydrogen-bond donors (Lipinski definition) is 2. The largest absolute Gasteiger partial charge is 0.335 e. The molecular weight excluding hydrogens is 272 g/mol. The van der Waals surface area contributed by atoms with Gasteiger partial charge in [0.25, 0.3) is 0 Å². The van der Waals surface area contributed by atoms with Crippen molar-refractivity contribution in [3.05, 3.63) is 17.0 Å². The third-order valence-corrected chi connectivity index (χ3v) is 4.08. The number of nitrogens with one attached hydrogen (secondary N) is 2. The molecular formula is C14H26N4OS. The highest BCUT2D eigenvalue weighted by Crippen LogP contribution is 2.15. The minimum absolute atomic E-state index is 0.112. The van der Waals surface area contributed by atoms with Crippen LogP contribution in [-0.2, 0) is 26.4 Å². The van der Waals surface area contributed by atoms with Crippen molar-refractivity contribution in [2.75, 3.05) is 12.0 Å². The van der Waals surface area contributed by atoms with E-state index in [0.29, 0.717) is 6.54 Å². The van der Waals surface area contributed by atoms with Crippen molar-refractivity contribution in [3.8, 4) is 0 Å². The van der Waals surface area contributed by atoms with E-state index in [1.54, 1.807) is 11.8 Å². The van der Waals surface area contributed by atoms with Gasteiger partial charge >= 0.3 is 6.03 Å². The van der Waals surface area contributed by atoms with Gasteiger partial charge in [0.1, 0.15) is 0 Å². The number of carbonyl (C=O) groups excluding carboxylic acids is 1. The molecule has 0 spiro atoms. The lowest BCUT2D eigenvalue weighted by Gasteiger charge is -2.14. The summed E-state index contributed by atoms with van der Waals surface area (Å²) < 4.78 is 1.92. The molecule has 0 saturated heterocycles. The fourth-order valence-electron chi connectivity index (χ4n) is 2.33.